The van der Waals surface area contributed by atoms with E-state index in [9.17, 15) is 9.59 Å². The van der Waals surface area contributed by atoms with Crippen molar-refractivity contribution in [2.45, 2.75) is 19.8 Å². The topological polar surface area (TPSA) is 95.0 Å². The zero-order valence-corrected chi connectivity index (χ0v) is 16.2. The van der Waals surface area contributed by atoms with Gasteiger partial charge in [-0.2, -0.15) is 8.73 Å². The molecule has 7 nitrogen and oxygen atoms in total. The average molecular weight is 404 g/mol. The lowest BCUT2D eigenvalue weighted by Gasteiger charge is -2.12. The fraction of sp³-hybridized carbons (Fsp3) is 0.222. The maximum atomic E-state index is 12.3. The molecule has 2 aromatic carbocycles. The van der Waals surface area contributed by atoms with E-state index < -0.39 is 0 Å². The van der Waals surface area contributed by atoms with E-state index in [2.05, 4.69) is 24.7 Å². The number of anilines is 3. The van der Waals surface area contributed by atoms with Gasteiger partial charge in [-0.1, -0.05) is 24.6 Å². The van der Waals surface area contributed by atoms with Crippen LogP contribution in [0.25, 0.3) is 0 Å². The van der Waals surface area contributed by atoms with E-state index in [0.29, 0.717) is 34.2 Å². The molecule has 0 fully saturated rings. The summed E-state index contributed by atoms with van der Waals surface area (Å²) in [5.74, 6) is -0.305. The third-order valence-electron chi connectivity index (χ3n) is 3.73. The minimum absolute atomic E-state index is 0.0139. The van der Waals surface area contributed by atoms with Gasteiger partial charge in [0.25, 0.3) is 0 Å². The van der Waals surface area contributed by atoms with Crippen LogP contribution < -0.4 is 16.0 Å². The van der Waals surface area contributed by atoms with Crippen LogP contribution in [0.3, 0.4) is 0 Å². The first-order valence-electron chi connectivity index (χ1n) is 8.41. The molecule has 1 aliphatic heterocycles. The summed E-state index contributed by atoms with van der Waals surface area (Å²) >= 11 is 7.27. The number of carbonyl (C=O) groups is 2. The molecule has 2 aromatic rings. The maximum absolute atomic E-state index is 12.3. The second-order valence-corrected chi connectivity index (χ2v) is 6.77. The number of carbonyl (C=O) groups excluding carboxylic acids is 2. The first-order valence-corrected chi connectivity index (χ1v) is 9.52. The van der Waals surface area contributed by atoms with Crippen LogP contribution in [0.4, 0.5) is 28.4 Å². The van der Waals surface area contributed by atoms with E-state index in [-0.39, 0.29) is 18.4 Å². The van der Waals surface area contributed by atoms with Crippen LogP contribution in [0.1, 0.15) is 19.8 Å². The van der Waals surface area contributed by atoms with Crippen molar-refractivity contribution in [3.63, 3.8) is 0 Å². The van der Waals surface area contributed by atoms with Crippen molar-refractivity contribution in [3.8, 4) is 0 Å². The van der Waals surface area contributed by atoms with Crippen molar-refractivity contribution in [2.24, 2.45) is 8.73 Å². The minimum Gasteiger partial charge on any atom is -0.375 e. The Morgan fingerprint density at radius 1 is 1.07 bits per heavy atom. The lowest BCUT2D eigenvalue weighted by atomic mass is 10.2. The lowest BCUT2D eigenvalue weighted by Crippen LogP contribution is -2.22. The number of benzene rings is 2. The molecule has 3 rings (SSSR count). The van der Waals surface area contributed by atoms with Gasteiger partial charge in [-0.05, 0) is 36.8 Å². The Bertz CT molecular complexity index is 957. The monoisotopic (exact) mass is 403 g/mol. The molecule has 140 valence electrons. The van der Waals surface area contributed by atoms with Crippen molar-refractivity contribution in [2.75, 3.05) is 22.5 Å². The van der Waals surface area contributed by atoms with Crippen LogP contribution >= 0.6 is 11.6 Å². The Balaban J connectivity index is 1.61. The van der Waals surface area contributed by atoms with Gasteiger partial charge in [-0.3, -0.25) is 9.59 Å². The van der Waals surface area contributed by atoms with E-state index in [1.54, 1.807) is 24.3 Å². The molecule has 0 bridgehead atoms. The lowest BCUT2D eigenvalue weighted by molar-refractivity contribution is -0.116. The number of nitrogens with zero attached hydrogens (tertiary/aromatic N) is 2. The van der Waals surface area contributed by atoms with E-state index in [0.717, 1.165) is 23.5 Å². The third-order valence-corrected chi connectivity index (χ3v) is 4.60. The zero-order chi connectivity index (χ0) is 19.2. The van der Waals surface area contributed by atoms with E-state index in [4.69, 9.17) is 11.6 Å². The molecule has 3 N–H and O–H groups in total. The minimum atomic E-state index is -0.244. The molecule has 0 atom stereocenters. The number of amides is 2. The molecule has 0 unspecified atom stereocenters. The van der Waals surface area contributed by atoms with Gasteiger partial charge in [0.05, 0.1) is 34.3 Å². The highest BCUT2D eigenvalue weighted by Gasteiger charge is 2.13. The van der Waals surface area contributed by atoms with Crippen LogP contribution in [0.2, 0.25) is 5.02 Å². The van der Waals surface area contributed by atoms with Crippen molar-refractivity contribution in [3.05, 3.63) is 41.4 Å². The third kappa shape index (κ3) is 4.93. The molecule has 0 saturated heterocycles. The Kier molecular flexibility index (Phi) is 6.20. The van der Waals surface area contributed by atoms with Gasteiger partial charge in [0.15, 0.2) is 0 Å². The van der Waals surface area contributed by atoms with Crippen molar-refractivity contribution >= 4 is 63.2 Å². The predicted molar refractivity (Wildman–Crippen MR) is 110 cm³/mol. The fourth-order valence-corrected chi connectivity index (χ4v) is 3.20. The van der Waals surface area contributed by atoms with Crippen LogP contribution in [0, 0.1) is 0 Å². The van der Waals surface area contributed by atoms with Gasteiger partial charge in [-0.25, -0.2) is 0 Å². The van der Waals surface area contributed by atoms with Crippen molar-refractivity contribution in [1.82, 2.24) is 0 Å². The molecule has 2 amide bonds. The van der Waals surface area contributed by atoms with Crippen LogP contribution in [-0.4, -0.2) is 18.4 Å². The number of hydrogen-bond donors (Lipinski definition) is 3. The molecule has 9 heteroatoms. The first-order chi connectivity index (χ1) is 13.1. The number of halogens is 1. The zero-order valence-electron chi connectivity index (χ0n) is 14.6. The fourth-order valence-electron chi connectivity index (χ4n) is 2.47. The number of fused-ring (bicyclic) bond motifs is 1. The highest BCUT2D eigenvalue weighted by molar-refractivity contribution is 7.58. The van der Waals surface area contributed by atoms with Crippen molar-refractivity contribution in [1.29, 1.82) is 0 Å². The summed E-state index contributed by atoms with van der Waals surface area (Å²) < 4.78 is 8.34. The molecule has 27 heavy (non-hydrogen) atoms. The Hall–Kier alpha value is -2.71. The average Bonchev–Trinajstić information content (AvgIpc) is 3.12. The summed E-state index contributed by atoms with van der Waals surface area (Å²) in [4.78, 5) is 24.0. The number of nitrogens with one attached hydrogen (secondary N) is 3. The smallest absolute Gasteiger partial charge is 0.243 e. The molecule has 0 aromatic heterocycles. The van der Waals surface area contributed by atoms with Crippen LogP contribution in [0.15, 0.2) is 45.1 Å². The van der Waals surface area contributed by atoms with Gasteiger partial charge < -0.3 is 16.0 Å². The Morgan fingerprint density at radius 3 is 2.74 bits per heavy atom. The van der Waals surface area contributed by atoms with Crippen molar-refractivity contribution < 1.29 is 9.59 Å². The second-order valence-electron chi connectivity index (χ2n) is 5.83. The van der Waals surface area contributed by atoms with Gasteiger partial charge in [0.1, 0.15) is 11.4 Å². The van der Waals surface area contributed by atoms with Gasteiger partial charge in [0, 0.05) is 12.1 Å². The molecular weight excluding hydrogens is 386 g/mol. The molecule has 1 aliphatic rings. The quantitative estimate of drug-likeness (QED) is 0.525. The van der Waals surface area contributed by atoms with Crippen LogP contribution in [0.5, 0.6) is 0 Å². The summed E-state index contributed by atoms with van der Waals surface area (Å²) in [6.07, 6.45) is 1.22. The van der Waals surface area contributed by atoms with E-state index >= 15 is 0 Å². The molecular formula is C18H18ClN5O2S. The number of hydrogen-bond acceptors (Lipinski definition) is 5. The van der Waals surface area contributed by atoms with Gasteiger partial charge in [0.2, 0.25) is 11.8 Å². The number of rotatable bonds is 7. The summed E-state index contributed by atoms with van der Waals surface area (Å²) in [5, 5.41) is 9.07. The van der Waals surface area contributed by atoms with E-state index in [1.165, 1.54) is 0 Å². The SMILES string of the molecule is CCCC(=O)Nc1ccc(Cl)c(NCC(=O)Nc2cccc3c2N=S=N3)c1. The highest BCUT2D eigenvalue weighted by Crippen LogP contribution is 2.38. The second kappa shape index (κ2) is 8.79. The Morgan fingerprint density at radius 2 is 1.93 bits per heavy atom. The first kappa shape index (κ1) is 19.1. The molecule has 0 saturated carbocycles. The van der Waals surface area contributed by atoms with Gasteiger partial charge in [-0.15, -0.1) is 0 Å². The molecule has 0 aliphatic carbocycles. The summed E-state index contributed by atoms with van der Waals surface area (Å²) in [5.41, 5.74) is 3.20. The van der Waals surface area contributed by atoms with Gasteiger partial charge >= 0.3 is 0 Å². The molecule has 0 radical (unpaired) electrons. The maximum Gasteiger partial charge on any atom is 0.243 e. The summed E-state index contributed by atoms with van der Waals surface area (Å²) in [7, 11) is 0. The van der Waals surface area contributed by atoms with Crippen LogP contribution in [-0.2, 0) is 20.9 Å². The van der Waals surface area contributed by atoms with E-state index in [1.807, 2.05) is 19.1 Å². The summed E-state index contributed by atoms with van der Waals surface area (Å²) in [6.45, 7) is 1.95. The standard InChI is InChI=1S/C18H18ClN5O2S/c1-2-4-16(25)21-11-7-8-12(19)15(9-11)20-10-17(26)22-13-5-3-6-14-18(13)24-27-23-14/h3,5-9,20H,2,4,10H2,1H3,(H,21,25)(H,22,26). The largest absolute Gasteiger partial charge is 0.375 e. The Labute approximate surface area is 165 Å². The summed E-state index contributed by atoms with van der Waals surface area (Å²) in [6, 6.07) is 10.5. The molecule has 0 spiro atoms. The normalized spacial score (nSPS) is 11.5. The highest BCUT2D eigenvalue weighted by atomic mass is 35.5. The predicted octanol–water partition coefficient (Wildman–Crippen LogP) is 4.86. The molecule has 1 heterocycles.